The Morgan fingerprint density at radius 1 is 1.40 bits per heavy atom. The number of hydrogen-bond acceptors (Lipinski definition) is 1. The molecule has 1 unspecified atom stereocenters. The summed E-state index contributed by atoms with van der Waals surface area (Å²) in [6.45, 7) is 0.689. The van der Waals surface area contributed by atoms with Gasteiger partial charge in [-0.05, 0) is 31.5 Å². The van der Waals surface area contributed by atoms with Crippen LogP contribution in [0.4, 0.5) is 8.78 Å². The topological polar surface area (TPSA) is 12.0 Å². The highest BCUT2D eigenvalue weighted by Crippen LogP contribution is 2.36. The second-order valence-corrected chi connectivity index (χ2v) is 4.70. The summed E-state index contributed by atoms with van der Waals surface area (Å²) in [4.78, 5) is 0. The second-order valence-electron chi connectivity index (χ2n) is 3.78. The van der Waals surface area contributed by atoms with Crippen molar-refractivity contribution >= 4 is 15.9 Å². The van der Waals surface area contributed by atoms with Gasteiger partial charge in [0.2, 0.25) is 0 Å². The van der Waals surface area contributed by atoms with Crippen LogP contribution in [0.25, 0.3) is 0 Å². The third kappa shape index (κ3) is 2.21. The van der Waals surface area contributed by atoms with Gasteiger partial charge in [-0.3, -0.25) is 0 Å². The third-order valence-corrected chi connectivity index (χ3v) is 3.20. The van der Waals surface area contributed by atoms with E-state index in [9.17, 15) is 8.78 Å². The van der Waals surface area contributed by atoms with Gasteiger partial charge in [-0.2, -0.15) is 8.78 Å². The number of hydrogen-bond donors (Lipinski definition) is 1. The fourth-order valence-corrected chi connectivity index (χ4v) is 2.29. The first kappa shape index (κ1) is 11.0. The standard InChI is InChI=1S/C11H12BrF2N/c12-9-4-1-3-8(7-9)11(13,14)10-5-2-6-15-10/h1,3-4,7,10,15H,2,5-6H2. The summed E-state index contributed by atoms with van der Waals surface area (Å²) in [5, 5.41) is 2.85. The predicted octanol–water partition coefficient (Wildman–Crippen LogP) is 3.29. The average molecular weight is 276 g/mol. The van der Waals surface area contributed by atoms with Crippen molar-refractivity contribution in [3.05, 3.63) is 34.3 Å². The van der Waals surface area contributed by atoms with Crippen LogP contribution in [0.15, 0.2) is 28.7 Å². The van der Waals surface area contributed by atoms with Crippen molar-refractivity contribution < 1.29 is 8.78 Å². The number of halogens is 3. The van der Waals surface area contributed by atoms with Gasteiger partial charge < -0.3 is 5.32 Å². The van der Waals surface area contributed by atoms with Crippen molar-refractivity contribution in [3.63, 3.8) is 0 Å². The van der Waals surface area contributed by atoms with Crippen LogP contribution in [-0.2, 0) is 5.92 Å². The molecule has 4 heteroatoms. The lowest BCUT2D eigenvalue weighted by molar-refractivity contribution is -0.0377. The number of benzene rings is 1. The highest BCUT2D eigenvalue weighted by molar-refractivity contribution is 9.10. The molecule has 1 fully saturated rings. The Balaban J connectivity index is 2.27. The van der Waals surface area contributed by atoms with Gasteiger partial charge in [0.25, 0.3) is 5.92 Å². The maximum absolute atomic E-state index is 14.0. The molecular weight excluding hydrogens is 264 g/mol. The first-order valence-corrected chi connectivity index (χ1v) is 5.77. The lowest BCUT2D eigenvalue weighted by atomic mass is 10.00. The maximum atomic E-state index is 14.0. The number of nitrogens with one attached hydrogen (secondary N) is 1. The smallest absolute Gasteiger partial charge is 0.288 e. The fourth-order valence-electron chi connectivity index (χ4n) is 1.89. The molecule has 2 rings (SSSR count). The van der Waals surface area contributed by atoms with E-state index in [1.54, 1.807) is 12.1 Å². The monoisotopic (exact) mass is 275 g/mol. The zero-order chi connectivity index (χ0) is 10.9. The Labute approximate surface area is 96.0 Å². The summed E-state index contributed by atoms with van der Waals surface area (Å²) in [6.07, 6.45) is 1.37. The second kappa shape index (κ2) is 4.18. The molecule has 1 nitrogen and oxygen atoms in total. The molecule has 1 atom stereocenters. The fraction of sp³-hybridized carbons (Fsp3) is 0.455. The van der Waals surface area contributed by atoms with Crippen LogP contribution in [0, 0.1) is 0 Å². The zero-order valence-corrected chi connectivity index (χ0v) is 9.73. The molecule has 1 aliphatic rings. The summed E-state index contributed by atoms with van der Waals surface area (Å²) in [5.74, 6) is -2.78. The largest absolute Gasteiger partial charge is 0.308 e. The van der Waals surface area contributed by atoms with Crippen LogP contribution < -0.4 is 5.32 Å². The molecule has 1 aromatic rings. The van der Waals surface area contributed by atoms with Crippen LogP contribution in [0.2, 0.25) is 0 Å². The molecule has 0 aliphatic carbocycles. The Morgan fingerprint density at radius 2 is 2.20 bits per heavy atom. The molecule has 0 bridgehead atoms. The lowest BCUT2D eigenvalue weighted by Gasteiger charge is -2.23. The summed E-state index contributed by atoms with van der Waals surface area (Å²) < 4.78 is 28.6. The Bertz CT molecular complexity index is 348. The highest BCUT2D eigenvalue weighted by atomic mass is 79.9. The van der Waals surface area contributed by atoms with Crippen LogP contribution in [0.3, 0.4) is 0 Å². The van der Waals surface area contributed by atoms with E-state index in [2.05, 4.69) is 21.2 Å². The van der Waals surface area contributed by atoms with Crippen LogP contribution >= 0.6 is 15.9 Å². The van der Waals surface area contributed by atoms with Crippen molar-refractivity contribution in [2.45, 2.75) is 24.8 Å². The van der Waals surface area contributed by atoms with E-state index in [1.807, 2.05) is 0 Å². The van der Waals surface area contributed by atoms with E-state index in [1.165, 1.54) is 12.1 Å². The van der Waals surface area contributed by atoms with Crippen LogP contribution in [0.5, 0.6) is 0 Å². The van der Waals surface area contributed by atoms with E-state index in [4.69, 9.17) is 0 Å². The minimum absolute atomic E-state index is 0.0799. The van der Waals surface area contributed by atoms with Crippen molar-refractivity contribution in [2.24, 2.45) is 0 Å². The molecule has 82 valence electrons. The van der Waals surface area contributed by atoms with Gasteiger partial charge in [-0.15, -0.1) is 0 Å². The van der Waals surface area contributed by atoms with E-state index in [0.717, 1.165) is 6.42 Å². The minimum atomic E-state index is -2.78. The molecular formula is C11H12BrF2N. The summed E-state index contributed by atoms with van der Waals surface area (Å²) in [7, 11) is 0. The molecule has 1 N–H and O–H groups in total. The summed E-state index contributed by atoms with van der Waals surface area (Å²) >= 11 is 3.21. The molecule has 1 aromatic carbocycles. The third-order valence-electron chi connectivity index (χ3n) is 2.71. The molecule has 1 aliphatic heterocycles. The number of alkyl halides is 2. The lowest BCUT2D eigenvalue weighted by Crippen LogP contribution is -2.38. The first-order valence-electron chi connectivity index (χ1n) is 4.98. The number of rotatable bonds is 2. The Hall–Kier alpha value is -0.480. The van der Waals surface area contributed by atoms with E-state index in [0.29, 0.717) is 17.4 Å². The van der Waals surface area contributed by atoms with Gasteiger partial charge in [-0.1, -0.05) is 28.1 Å². The van der Waals surface area contributed by atoms with Crippen molar-refractivity contribution in [3.8, 4) is 0 Å². The predicted molar refractivity (Wildman–Crippen MR) is 59.1 cm³/mol. The van der Waals surface area contributed by atoms with Gasteiger partial charge in [-0.25, -0.2) is 0 Å². The Morgan fingerprint density at radius 3 is 2.80 bits per heavy atom. The molecule has 1 heterocycles. The van der Waals surface area contributed by atoms with Gasteiger partial charge in [0.1, 0.15) is 0 Å². The minimum Gasteiger partial charge on any atom is -0.308 e. The SMILES string of the molecule is FC(F)(c1cccc(Br)c1)C1CCCN1. The van der Waals surface area contributed by atoms with Crippen molar-refractivity contribution in [1.82, 2.24) is 5.32 Å². The van der Waals surface area contributed by atoms with E-state index < -0.39 is 12.0 Å². The average Bonchev–Trinajstić information content (AvgIpc) is 2.71. The van der Waals surface area contributed by atoms with E-state index in [-0.39, 0.29) is 5.56 Å². The zero-order valence-electron chi connectivity index (χ0n) is 8.14. The van der Waals surface area contributed by atoms with Gasteiger partial charge in [0.15, 0.2) is 0 Å². The van der Waals surface area contributed by atoms with Crippen LogP contribution in [0.1, 0.15) is 18.4 Å². The summed E-state index contributed by atoms with van der Waals surface area (Å²) in [5.41, 5.74) is 0.0799. The van der Waals surface area contributed by atoms with Gasteiger partial charge in [0, 0.05) is 10.0 Å². The van der Waals surface area contributed by atoms with Crippen molar-refractivity contribution in [2.75, 3.05) is 6.54 Å². The highest BCUT2D eigenvalue weighted by Gasteiger charge is 2.42. The molecule has 0 amide bonds. The molecule has 0 radical (unpaired) electrons. The quantitative estimate of drug-likeness (QED) is 0.874. The Kier molecular flexibility index (Phi) is 3.07. The first-order chi connectivity index (χ1) is 7.10. The van der Waals surface area contributed by atoms with E-state index >= 15 is 0 Å². The molecule has 15 heavy (non-hydrogen) atoms. The van der Waals surface area contributed by atoms with Crippen molar-refractivity contribution in [1.29, 1.82) is 0 Å². The maximum Gasteiger partial charge on any atom is 0.288 e. The molecule has 0 aromatic heterocycles. The normalized spacial score (nSPS) is 21.9. The molecule has 1 saturated heterocycles. The molecule has 0 spiro atoms. The van der Waals surface area contributed by atoms with Gasteiger partial charge >= 0.3 is 0 Å². The molecule has 0 saturated carbocycles. The van der Waals surface area contributed by atoms with Gasteiger partial charge in [0.05, 0.1) is 6.04 Å². The summed E-state index contributed by atoms with van der Waals surface area (Å²) in [6, 6.07) is 5.64. The van der Waals surface area contributed by atoms with Crippen LogP contribution in [-0.4, -0.2) is 12.6 Å².